The van der Waals surface area contributed by atoms with Crippen molar-refractivity contribution in [2.75, 3.05) is 20.8 Å². The number of aliphatic hydroxyl groups excluding tert-OH is 3. The number of alkyl halides is 3. The van der Waals surface area contributed by atoms with Crippen molar-refractivity contribution in [1.82, 2.24) is 29.9 Å². The van der Waals surface area contributed by atoms with Gasteiger partial charge < -0.3 is 49.1 Å². The van der Waals surface area contributed by atoms with E-state index in [4.69, 9.17) is 47.1 Å². The van der Waals surface area contributed by atoms with Gasteiger partial charge in [0.25, 0.3) is 0 Å². The van der Waals surface area contributed by atoms with Crippen LogP contribution in [0.15, 0.2) is 307 Å². The van der Waals surface area contributed by atoms with Gasteiger partial charge in [0.1, 0.15) is 16.7 Å². The smallest absolute Gasteiger partial charge is 0.500 e. The van der Waals surface area contributed by atoms with Gasteiger partial charge in [-0.1, -0.05) is 141 Å². The minimum atomic E-state index is -5.84. The molecule has 8 heterocycles. The molecule has 0 amide bonds. The van der Waals surface area contributed by atoms with Crippen LogP contribution in [-0.2, 0) is 50.3 Å². The van der Waals surface area contributed by atoms with Gasteiger partial charge in [0.05, 0.1) is 27.4 Å². The predicted molar refractivity (Wildman–Crippen MR) is 449 cm³/mol. The predicted octanol–water partition coefficient (Wildman–Crippen LogP) is 20.6. The number of hydrogen-bond donors (Lipinski definition) is 4. The van der Waals surface area contributed by atoms with Crippen LogP contribution in [0.2, 0.25) is 39.3 Å². The van der Waals surface area contributed by atoms with Crippen molar-refractivity contribution in [3.63, 3.8) is 0 Å². The molecule has 585 valence electrons. The molecule has 16 aromatic rings. The molecule has 0 saturated heterocycles. The Kier molecular flexibility index (Phi) is 38.4. The number of furan rings is 2. The number of aliphatic hydroxyl groups is 3. The zero-order valence-electron chi connectivity index (χ0n) is 64.3. The van der Waals surface area contributed by atoms with Crippen LogP contribution in [-0.4, -0.2) is 101 Å². The van der Waals surface area contributed by atoms with E-state index in [2.05, 4.69) is 164 Å². The second-order valence-electron chi connectivity index (χ2n) is 26.0. The van der Waals surface area contributed by atoms with Crippen molar-refractivity contribution < 1.29 is 90.5 Å². The van der Waals surface area contributed by atoms with Crippen molar-refractivity contribution in [3.8, 4) is 67.5 Å². The van der Waals surface area contributed by atoms with E-state index in [0.717, 1.165) is 126 Å². The van der Waals surface area contributed by atoms with E-state index in [0.29, 0.717) is 0 Å². The quantitative estimate of drug-likeness (QED) is 0.0482. The van der Waals surface area contributed by atoms with Crippen LogP contribution in [0.5, 0.6) is 0 Å². The van der Waals surface area contributed by atoms with Crippen molar-refractivity contribution in [1.29, 1.82) is 0 Å². The van der Waals surface area contributed by atoms with Crippen molar-refractivity contribution >= 4 is 80.5 Å². The number of nitrogens with zero attached hydrogens (tertiary/aromatic N) is 6. The Hall–Kier alpha value is -10.4. The number of fused-ring (bicyclic) bond motifs is 6. The summed E-state index contributed by atoms with van der Waals surface area (Å²) in [6.07, 6.45) is 11.3. The van der Waals surface area contributed by atoms with Gasteiger partial charge in [-0.2, -0.15) is 21.6 Å². The Balaban J connectivity index is 0.000000239. The van der Waals surface area contributed by atoms with Crippen molar-refractivity contribution in [3.05, 3.63) is 339 Å². The molecule has 0 bridgehead atoms. The fraction of sp³-hybridized carbons (Fsp3) is 0.143. The van der Waals surface area contributed by atoms with Crippen LogP contribution in [0.1, 0.15) is 18.1 Å². The molecule has 0 unspecified atom stereocenters. The van der Waals surface area contributed by atoms with Crippen LogP contribution < -0.4 is 10.4 Å². The molecule has 0 aliphatic heterocycles. The molecule has 0 atom stereocenters. The summed E-state index contributed by atoms with van der Waals surface area (Å²) in [6, 6.07) is 102. The van der Waals surface area contributed by atoms with Crippen LogP contribution in [0.3, 0.4) is 0 Å². The van der Waals surface area contributed by atoms with Gasteiger partial charge in [-0.15, -0.1) is 167 Å². The Morgan fingerprint density at radius 1 is 0.389 bits per heavy atom. The third-order valence-corrected chi connectivity index (χ3v) is 20.9. The number of halogens is 3. The van der Waals surface area contributed by atoms with Crippen LogP contribution in [0.4, 0.5) is 13.2 Å². The number of aromatic nitrogens is 6. The first kappa shape index (κ1) is 93.2. The molecule has 16 rings (SSSR count). The molecule has 0 spiro atoms. The average molecular weight is 1920 g/mol. The summed E-state index contributed by atoms with van der Waals surface area (Å²) in [7, 11) is -6.55. The Morgan fingerprint density at radius 3 is 1.02 bits per heavy atom. The topological polar surface area (TPSA) is 219 Å². The van der Waals surface area contributed by atoms with E-state index >= 15 is 0 Å². The van der Waals surface area contributed by atoms with Gasteiger partial charge >= 0.3 is 35.7 Å². The molecule has 8 aromatic carbocycles. The van der Waals surface area contributed by atoms with Gasteiger partial charge in [0.2, 0.25) is 0 Å². The largest absolute Gasteiger partial charge is 3.00 e. The summed E-state index contributed by atoms with van der Waals surface area (Å²) < 4.78 is 69.3. The van der Waals surface area contributed by atoms with Gasteiger partial charge in [0, 0.05) is 99.8 Å². The zero-order valence-corrected chi connectivity index (χ0v) is 71.9. The van der Waals surface area contributed by atoms with Gasteiger partial charge in [-0.25, -0.2) is 0 Å². The molecular weight excluding hydrogens is 1830 g/mol. The normalized spacial score (nSPS) is 10.5. The van der Waals surface area contributed by atoms with E-state index in [1.165, 1.54) is 21.5 Å². The molecular formula is C91H88F3Ir2N6O8SSi2-2. The van der Waals surface area contributed by atoms with Crippen LogP contribution in [0, 0.1) is 44.2 Å². The second-order valence-corrected chi connectivity index (χ2v) is 37.5. The minimum Gasteiger partial charge on any atom is -0.500 e. The maximum atomic E-state index is 10.7. The molecule has 4 N–H and O–H groups in total. The van der Waals surface area contributed by atoms with E-state index in [9.17, 15) is 13.2 Å². The molecule has 0 fully saturated rings. The van der Waals surface area contributed by atoms with Gasteiger partial charge in [-0.05, 0) is 126 Å². The molecule has 22 heteroatoms. The second kappa shape index (κ2) is 46.5. The van der Waals surface area contributed by atoms with Crippen LogP contribution >= 0.6 is 0 Å². The number of rotatable bonds is 8. The van der Waals surface area contributed by atoms with Crippen LogP contribution in [0.25, 0.3) is 111 Å². The Labute approximate surface area is 689 Å². The number of hydrogen-bond acceptors (Lipinski definition) is 13. The number of pyridine rings is 6. The third-order valence-electron chi connectivity index (χ3n) is 16.0. The maximum absolute atomic E-state index is 10.7. The van der Waals surface area contributed by atoms with E-state index in [1.54, 1.807) is 31.7 Å². The van der Waals surface area contributed by atoms with Crippen molar-refractivity contribution in [2.45, 2.75) is 65.6 Å². The summed E-state index contributed by atoms with van der Waals surface area (Å²) >= 11 is 0. The fourth-order valence-corrected chi connectivity index (χ4v) is 14.4. The standard InChI is InChI=1S/C21H21NOSi.C21H20NOSi.4C11H8N.C2H6O.CHF3O3S.2CH4O.2Ir/c2*1-14-11-18(22-13-21(14)24(2,3)4)15-9-10-20-17(12-15)16-7-5-6-8-19(16)23-20;4*1-2-6-10(7-3-1)11-8-4-5-9-12-11;1-2-3;2-1(3,4)8(5,6)7;2*1-2;;/h5-13H,1-4H3;5-8,10-13H,1-4H3;4*1-6,8-9H;3H,2H2,1H3;(H,5,6,7);2*2H,1H3;;/q;5*-1;;;;;;+3. The summed E-state index contributed by atoms with van der Waals surface area (Å²) in [5.74, 6) is 0. The number of aryl methyl sites for hydroxylation is 2. The van der Waals surface area contributed by atoms with E-state index in [1.807, 2.05) is 212 Å². The Bertz CT molecular complexity index is 4910. The number of para-hydroxylation sites is 2. The molecule has 113 heavy (non-hydrogen) atoms. The summed E-state index contributed by atoms with van der Waals surface area (Å²) in [4.78, 5) is 26.3. The molecule has 14 nitrogen and oxygen atoms in total. The monoisotopic (exact) mass is 1920 g/mol. The van der Waals surface area contributed by atoms with E-state index < -0.39 is 31.8 Å². The molecule has 0 aliphatic rings. The third kappa shape index (κ3) is 28.3. The molecule has 8 aromatic heterocycles. The van der Waals surface area contributed by atoms with Gasteiger partial charge in [-0.3, -0.25) is 9.54 Å². The Morgan fingerprint density at radius 2 is 0.699 bits per heavy atom. The summed E-state index contributed by atoms with van der Waals surface area (Å²) in [6.45, 7) is 20.5. The summed E-state index contributed by atoms with van der Waals surface area (Å²) in [5, 5.41) is 29.0. The van der Waals surface area contributed by atoms with Gasteiger partial charge in [0.15, 0.2) is 0 Å². The zero-order chi connectivity index (χ0) is 80.4. The SMILES string of the molecule is CCO.CO.CO.Cc1cc(-c2[c-]cc3oc4ccccc4c3c2)ncc1[Si](C)(C)C.Cc1cc(-c2ccc3oc4ccccc4c3c2)ncc1[Si](C)(C)C.O=S(=O)(O)C(F)(F)F.[Ir+3].[Ir].[c-]1ccccc1-c1ccccn1.[c-]1ccccc1-c1ccccn1.[c-]1ccccc1-c1ccccn1.[c-]1ccccc1-c1ccccn1. The van der Waals surface area contributed by atoms with Crippen molar-refractivity contribution in [2.24, 2.45) is 0 Å². The molecule has 1 radical (unpaired) electrons. The first-order chi connectivity index (χ1) is 53.4. The molecule has 0 aliphatic carbocycles. The van der Waals surface area contributed by atoms with E-state index in [-0.39, 0.29) is 46.8 Å². The first-order valence-electron chi connectivity index (χ1n) is 35.2. The maximum Gasteiger partial charge on any atom is 3.00 e. The minimum absolute atomic E-state index is 0. The summed E-state index contributed by atoms with van der Waals surface area (Å²) in [5.41, 5.74) is 13.0. The average Bonchev–Trinajstić information content (AvgIpc) is 1.68. The number of benzene rings is 8. The fourth-order valence-electron chi connectivity index (χ4n) is 11.0. The molecule has 0 saturated carbocycles. The first-order valence-corrected chi connectivity index (χ1v) is 43.6.